The molecule has 0 spiro atoms. The zero-order chi connectivity index (χ0) is 25.9. The number of halogens is 2. The number of pyridine rings is 1. The predicted molar refractivity (Wildman–Crippen MR) is 146 cm³/mol. The lowest BCUT2D eigenvalue weighted by atomic mass is 9.90. The molecular weight excluding hydrogens is 491 g/mol. The molecule has 0 amide bonds. The summed E-state index contributed by atoms with van der Waals surface area (Å²) in [5.74, 6) is 1.08. The maximum Gasteiger partial charge on any atom is 0.141 e. The van der Waals surface area contributed by atoms with Crippen LogP contribution in [0, 0.1) is 5.82 Å². The Morgan fingerprint density at radius 1 is 1.05 bits per heavy atom. The minimum atomic E-state index is -0.129. The van der Waals surface area contributed by atoms with Crippen molar-refractivity contribution in [1.82, 2.24) is 14.3 Å². The molecule has 2 aromatic heterocycles. The predicted octanol–water partition coefficient (Wildman–Crippen LogP) is 6.67. The first-order valence-electron chi connectivity index (χ1n) is 12.6. The highest BCUT2D eigenvalue weighted by Crippen LogP contribution is 2.38. The highest BCUT2D eigenvalue weighted by molar-refractivity contribution is 6.32. The number of imidazole rings is 1. The number of hydrogen-bond donors (Lipinski definition) is 1. The lowest BCUT2D eigenvalue weighted by molar-refractivity contribution is 0.177. The monoisotopic (exact) mass is 522 g/mol. The average molecular weight is 523 g/mol. The van der Waals surface area contributed by atoms with Crippen molar-refractivity contribution in [2.75, 3.05) is 26.6 Å². The Kier molecular flexibility index (Phi) is 7.53. The Balaban J connectivity index is 1.24. The van der Waals surface area contributed by atoms with Crippen LogP contribution in [0.15, 0.2) is 60.9 Å². The number of fused-ring (bicyclic) bond motifs is 1. The third kappa shape index (κ3) is 5.53. The van der Waals surface area contributed by atoms with Crippen molar-refractivity contribution in [1.29, 1.82) is 0 Å². The third-order valence-electron chi connectivity index (χ3n) is 7.28. The second kappa shape index (κ2) is 11.0. The molecule has 0 radical (unpaired) electrons. The second-order valence-corrected chi connectivity index (χ2v) is 10.1. The molecule has 6 nitrogen and oxygen atoms in total. The summed E-state index contributed by atoms with van der Waals surface area (Å²) in [5.41, 5.74) is 4.23. The van der Waals surface area contributed by atoms with E-state index in [1.54, 1.807) is 26.4 Å². The van der Waals surface area contributed by atoms with Crippen LogP contribution in [0.1, 0.15) is 31.2 Å². The standard InChI is InChI=1S/C29H32ClFN4O2/c1-34(17-19-6-4-5-7-25(19)31)22-10-8-20(9-11-22)32-21-12-13-35-18-26(33-29(35)14-21)23-15-24(30)28(37-3)16-27(23)36-2/h4-7,12-16,18,20,22,32H,8-11,17H2,1-3H3. The number of aromatic nitrogens is 2. The van der Waals surface area contributed by atoms with Gasteiger partial charge in [0.05, 0.1) is 24.9 Å². The highest BCUT2D eigenvalue weighted by atomic mass is 35.5. The maximum absolute atomic E-state index is 14.1. The van der Waals surface area contributed by atoms with Gasteiger partial charge in [-0.2, -0.15) is 0 Å². The Hall–Kier alpha value is -3.29. The molecule has 2 heterocycles. The van der Waals surface area contributed by atoms with Crippen LogP contribution in [0.2, 0.25) is 5.02 Å². The van der Waals surface area contributed by atoms with Gasteiger partial charge in [-0.25, -0.2) is 9.37 Å². The summed E-state index contributed by atoms with van der Waals surface area (Å²) in [6, 6.07) is 15.6. The molecule has 2 aromatic carbocycles. The van der Waals surface area contributed by atoms with Crippen molar-refractivity contribution in [3.8, 4) is 22.8 Å². The molecule has 194 valence electrons. The number of nitrogens with zero attached hydrogens (tertiary/aromatic N) is 3. The molecule has 1 aliphatic rings. The van der Waals surface area contributed by atoms with Gasteiger partial charge in [0.2, 0.25) is 0 Å². The summed E-state index contributed by atoms with van der Waals surface area (Å²) in [4.78, 5) is 7.11. The molecule has 8 heteroatoms. The molecule has 0 aliphatic heterocycles. The van der Waals surface area contributed by atoms with Gasteiger partial charge in [0.15, 0.2) is 0 Å². The Morgan fingerprint density at radius 2 is 1.81 bits per heavy atom. The van der Waals surface area contributed by atoms with Crippen LogP contribution < -0.4 is 14.8 Å². The topological polar surface area (TPSA) is 51.0 Å². The summed E-state index contributed by atoms with van der Waals surface area (Å²) >= 11 is 6.37. The van der Waals surface area contributed by atoms with Crippen molar-refractivity contribution in [3.63, 3.8) is 0 Å². The van der Waals surface area contributed by atoms with Gasteiger partial charge in [0.1, 0.15) is 23.0 Å². The van der Waals surface area contributed by atoms with Crippen LogP contribution >= 0.6 is 11.6 Å². The maximum atomic E-state index is 14.1. The first-order valence-corrected chi connectivity index (χ1v) is 12.9. The van der Waals surface area contributed by atoms with Crippen LogP contribution in [0.25, 0.3) is 16.9 Å². The van der Waals surface area contributed by atoms with E-state index in [4.69, 9.17) is 26.1 Å². The minimum absolute atomic E-state index is 0.129. The van der Waals surface area contributed by atoms with E-state index in [0.29, 0.717) is 35.2 Å². The smallest absolute Gasteiger partial charge is 0.141 e. The molecular formula is C29H32ClFN4O2. The average Bonchev–Trinajstić information content (AvgIpc) is 3.33. The number of hydrogen-bond acceptors (Lipinski definition) is 5. The van der Waals surface area contributed by atoms with Gasteiger partial charge in [-0.3, -0.25) is 4.90 Å². The van der Waals surface area contributed by atoms with Gasteiger partial charge in [-0.15, -0.1) is 0 Å². The van der Waals surface area contributed by atoms with Crippen LogP contribution in [0.5, 0.6) is 11.5 Å². The summed E-state index contributed by atoms with van der Waals surface area (Å²) in [6.07, 6.45) is 8.28. The van der Waals surface area contributed by atoms with Gasteiger partial charge in [-0.05, 0) is 50.9 Å². The Labute approximate surface area is 222 Å². The fourth-order valence-electron chi connectivity index (χ4n) is 5.18. The summed E-state index contributed by atoms with van der Waals surface area (Å²) in [6.45, 7) is 0.637. The molecule has 0 bridgehead atoms. The molecule has 0 saturated heterocycles. The normalized spacial score (nSPS) is 17.8. The van der Waals surface area contributed by atoms with Crippen LogP contribution in [-0.2, 0) is 6.54 Å². The van der Waals surface area contributed by atoms with Crippen molar-refractivity contribution >= 4 is 22.9 Å². The van der Waals surface area contributed by atoms with Crippen molar-refractivity contribution < 1.29 is 13.9 Å². The highest BCUT2D eigenvalue weighted by Gasteiger charge is 2.24. The summed E-state index contributed by atoms with van der Waals surface area (Å²) < 4.78 is 26.9. The van der Waals surface area contributed by atoms with Crippen LogP contribution in [0.4, 0.5) is 10.1 Å². The van der Waals surface area contributed by atoms with Crippen LogP contribution in [-0.4, -0.2) is 47.6 Å². The molecule has 1 N–H and O–H groups in total. The minimum Gasteiger partial charge on any atom is -0.496 e. The summed E-state index contributed by atoms with van der Waals surface area (Å²) in [5, 5.41) is 4.20. The number of methoxy groups -OCH3 is 2. The van der Waals surface area contributed by atoms with Gasteiger partial charge in [0, 0.05) is 60.0 Å². The van der Waals surface area contributed by atoms with Gasteiger partial charge >= 0.3 is 0 Å². The summed E-state index contributed by atoms with van der Waals surface area (Å²) in [7, 11) is 5.30. The lowest BCUT2D eigenvalue weighted by Crippen LogP contribution is -2.38. The van der Waals surface area contributed by atoms with E-state index >= 15 is 0 Å². The number of ether oxygens (including phenoxy) is 2. The second-order valence-electron chi connectivity index (χ2n) is 9.65. The number of nitrogens with one attached hydrogen (secondary N) is 1. The van der Waals surface area contributed by atoms with Crippen molar-refractivity contribution in [2.24, 2.45) is 0 Å². The van der Waals surface area contributed by atoms with E-state index in [0.717, 1.165) is 53.8 Å². The fraction of sp³-hybridized carbons (Fsp3) is 0.345. The zero-order valence-corrected chi connectivity index (χ0v) is 22.1. The van der Waals surface area contributed by atoms with Crippen molar-refractivity contribution in [2.45, 2.75) is 44.3 Å². The number of benzene rings is 2. The Bertz CT molecular complexity index is 1380. The van der Waals surface area contributed by atoms with Gasteiger partial charge in [0.25, 0.3) is 0 Å². The lowest BCUT2D eigenvalue weighted by Gasteiger charge is -2.35. The Morgan fingerprint density at radius 3 is 2.54 bits per heavy atom. The van der Waals surface area contributed by atoms with E-state index in [1.165, 1.54) is 6.07 Å². The first kappa shape index (κ1) is 25.4. The van der Waals surface area contributed by atoms with E-state index in [9.17, 15) is 4.39 Å². The van der Waals surface area contributed by atoms with Crippen LogP contribution in [0.3, 0.4) is 0 Å². The molecule has 4 aromatic rings. The molecule has 0 unspecified atom stereocenters. The third-order valence-corrected chi connectivity index (χ3v) is 7.57. The molecule has 1 fully saturated rings. The quantitative estimate of drug-likeness (QED) is 0.280. The van der Waals surface area contributed by atoms with E-state index in [1.807, 2.05) is 35.0 Å². The van der Waals surface area contributed by atoms with E-state index in [2.05, 4.69) is 29.4 Å². The van der Waals surface area contributed by atoms with Gasteiger partial charge in [-0.1, -0.05) is 29.8 Å². The molecule has 0 atom stereocenters. The zero-order valence-electron chi connectivity index (χ0n) is 21.4. The van der Waals surface area contributed by atoms with Gasteiger partial charge < -0.3 is 19.2 Å². The number of anilines is 1. The molecule has 5 rings (SSSR count). The molecule has 1 aliphatic carbocycles. The molecule has 37 heavy (non-hydrogen) atoms. The number of rotatable bonds is 8. The van der Waals surface area contributed by atoms with E-state index < -0.39 is 0 Å². The fourth-order valence-corrected chi connectivity index (χ4v) is 5.42. The first-order chi connectivity index (χ1) is 17.9. The SMILES string of the molecule is COc1cc(OC)c(-c2cn3ccc(NC4CCC(N(C)Cc5ccccc5F)CC4)cc3n2)cc1Cl. The van der Waals surface area contributed by atoms with E-state index in [-0.39, 0.29) is 5.82 Å². The molecule has 1 saturated carbocycles. The largest absolute Gasteiger partial charge is 0.496 e. The van der Waals surface area contributed by atoms with Crippen molar-refractivity contribution in [3.05, 3.63) is 77.3 Å².